The van der Waals surface area contributed by atoms with Crippen molar-refractivity contribution in [2.75, 3.05) is 7.11 Å². The summed E-state index contributed by atoms with van der Waals surface area (Å²) in [5.74, 6) is -1.46. The van der Waals surface area contributed by atoms with E-state index in [4.69, 9.17) is 9.15 Å². The fourth-order valence-corrected chi connectivity index (χ4v) is 4.08. The highest BCUT2D eigenvalue weighted by Gasteiger charge is 2.47. The Morgan fingerprint density at radius 3 is 2.55 bits per heavy atom. The lowest BCUT2D eigenvalue weighted by Crippen LogP contribution is -2.29. The van der Waals surface area contributed by atoms with E-state index in [0.717, 1.165) is 0 Å². The normalized spacial score (nSPS) is 17.9. The molecular weight excluding hydrogens is 469 g/mol. The van der Waals surface area contributed by atoms with Crippen LogP contribution in [0.2, 0.25) is 0 Å². The number of rotatable bonds is 5. The standard InChI is InChI=1S/C23H17BrFNO5/c1-30-17-9-6-14(11-16(17)24)21(27)19-20(18-3-2-10-31-18)26(23(29)22(19)28)12-13-4-7-15(25)8-5-13/h2-11,20,27H,12H2,1H3/b21-19-. The van der Waals surface area contributed by atoms with Crippen molar-refractivity contribution in [1.29, 1.82) is 0 Å². The number of methoxy groups -OCH3 is 1. The number of amides is 1. The minimum Gasteiger partial charge on any atom is -0.507 e. The van der Waals surface area contributed by atoms with Crippen molar-refractivity contribution in [2.45, 2.75) is 12.6 Å². The van der Waals surface area contributed by atoms with E-state index in [2.05, 4.69) is 15.9 Å². The smallest absolute Gasteiger partial charge is 0.296 e. The lowest BCUT2D eigenvalue weighted by atomic mass is 9.99. The van der Waals surface area contributed by atoms with E-state index >= 15 is 0 Å². The molecule has 6 nitrogen and oxygen atoms in total. The van der Waals surface area contributed by atoms with Crippen molar-refractivity contribution >= 4 is 33.4 Å². The molecule has 4 rings (SSSR count). The second-order valence-corrected chi connectivity index (χ2v) is 7.77. The minimum absolute atomic E-state index is 0.0410. The Kier molecular flexibility index (Phi) is 5.65. The van der Waals surface area contributed by atoms with E-state index in [1.54, 1.807) is 30.3 Å². The van der Waals surface area contributed by atoms with Crippen LogP contribution in [0.1, 0.15) is 22.9 Å². The predicted octanol–water partition coefficient (Wildman–Crippen LogP) is 4.81. The summed E-state index contributed by atoms with van der Waals surface area (Å²) >= 11 is 3.36. The molecule has 1 aliphatic heterocycles. The number of furan rings is 1. The highest BCUT2D eigenvalue weighted by molar-refractivity contribution is 9.10. The van der Waals surface area contributed by atoms with Gasteiger partial charge in [0.1, 0.15) is 29.1 Å². The van der Waals surface area contributed by atoms with Gasteiger partial charge < -0.3 is 19.2 Å². The molecular formula is C23H17BrFNO5. The number of aliphatic hydroxyl groups excluding tert-OH is 1. The summed E-state index contributed by atoms with van der Waals surface area (Å²) in [7, 11) is 1.51. The number of hydrogen-bond acceptors (Lipinski definition) is 5. The summed E-state index contributed by atoms with van der Waals surface area (Å²) in [4.78, 5) is 27.1. The molecule has 1 aromatic heterocycles. The molecule has 31 heavy (non-hydrogen) atoms. The molecule has 2 aromatic carbocycles. The third kappa shape index (κ3) is 3.86. The Balaban J connectivity index is 1.81. The van der Waals surface area contributed by atoms with Gasteiger partial charge in [-0.25, -0.2) is 4.39 Å². The maximum absolute atomic E-state index is 13.3. The monoisotopic (exact) mass is 485 g/mol. The van der Waals surface area contributed by atoms with Crippen LogP contribution in [0.3, 0.4) is 0 Å². The summed E-state index contributed by atoms with van der Waals surface area (Å²) in [5.41, 5.74) is 0.884. The van der Waals surface area contributed by atoms with E-state index in [9.17, 15) is 19.1 Å². The van der Waals surface area contributed by atoms with Gasteiger partial charge in [0.05, 0.1) is 23.4 Å². The third-order valence-electron chi connectivity index (χ3n) is 5.04. The van der Waals surface area contributed by atoms with Gasteiger partial charge >= 0.3 is 0 Å². The summed E-state index contributed by atoms with van der Waals surface area (Å²) in [6.07, 6.45) is 1.43. The van der Waals surface area contributed by atoms with E-state index in [-0.39, 0.29) is 17.9 Å². The van der Waals surface area contributed by atoms with Gasteiger partial charge in [-0.1, -0.05) is 12.1 Å². The quantitative estimate of drug-likeness (QED) is 0.318. The minimum atomic E-state index is -0.930. The second kappa shape index (κ2) is 8.39. The van der Waals surface area contributed by atoms with Gasteiger partial charge in [0.25, 0.3) is 11.7 Å². The van der Waals surface area contributed by atoms with Gasteiger partial charge in [0.15, 0.2) is 0 Å². The van der Waals surface area contributed by atoms with Crippen molar-refractivity contribution < 1.29 is 28.2 Å². The summed E-state index contributed by atoms with van der Waals surface area (Å²) in [5, 5.41) is 11.0. The van der Waals surface area contributed by atoms with E-state index in [1.807, 2.05) is 0 Å². The number of carbonyl (C=O) groups is 2. The Morgan fingerprint density at radius 1 is 1.19 bits per heavy atom. The van der Waals surface area contributed by atoms with Crippen LogP contribution in [0, 0.1) is 5.82 Å². The van der Waals surface area contributed by atoms with Crippen LogP contribution in [-0.4, -0.2) is 28.8 Å². The summed E-state index contributed by atoms with van der Waals surface area (Å²) < 4.78 is 24.6. The number of benzene rings is 2. The zero-order valence-electron chi connectivity index (χ0n) is 16.3. The van der Waals surface area contributed by atoms with Crippen LogP contribution in [-0.2, 0) is 16.1 Å². The predicted molar refractivity (Wildman–Crippen MR) is 114 cm³/mol. The van der Waals surface area contributed by atoms with Crippen molar-refractivity contribution in [1.82, 2.24) is 4.90 Å². The first-order chi connectivity index (χ1) is 14.9. The van der Waals surface area contributed by atoms with Crippen molar-refractivity contribution in [3.8, 4) is 5.75 Å². The SMILES string of the molecule is COc1ccc(/C(O)=C2/C(=O)C(=O)N(Cc3ccc(F)cc3)C2c2ccco2)cc1Br. The molecule has 0 aliphatic carbocycles. The number of Topliss-reactive ketones (excluding diaryl/α,β-unsaturated/α-hetero) is 1. The number of ketones is 1. The molecule has 8 heteroatoms. The van der Waals surface area contributed by atoms with Crippen LogP contribution in [0.25, 0.3) is 5.76 Å². The number of nitrogens with zero attached hydrogens (tertiary/aromatic N) is 1. The van der Waals surface area contributed by atoms with Gasteiger partial charge in [-0.05, 0) is 64.0 Å². The van der Waals surface area contributed by atoms with Gasteiger partial charge in [-0.3, -0.25) is 9.59 Å². The number of likely N-dealkylation sites (tertiary alicyclic amines) is 1. The van der Waals surface area contributed by atoms with Gasteiger partial charge in [0, 0.05) is 12.1 Å². The largest absolute Gasteiger partial charge is 0.507 e. The fraction of sp³-hybridized carbons (Fsp3) is 0.130. The third-order valence-corrected chi connectivity index (χ3v) is 5.66. The van der Waals surface area contributed by atoms with Crippen LogP contribution in [0.15, 0.2) is 75.3 Å². The summed E-state index contributed by atoms with van der Waals surface area (Å²) in [6, 6.07) is 12.8. The molecule has 3 aromatic rings. The molecule has 0 saturated carbocycles. The first-order valence-corrected chi connectivity index (χ1v) is 10.1. The molecule has 0 radical (unpaired) electrons. The maximum atomic E-state index is 13.3. The molecule has 2 heterocycles. The van der Waals surface area contributed by atoms with Crippen molar-refractivity contribution in [3.05, 3.63) is 93.6 Å². The Morgan fingerprint density at radius 2 is 1.94 bits per heavy atom. The number of hydrogen-bond donors (Lipinski definition) is 1. The molecule has 1 fully saturated rings. The Bertz CT molecular complexity index is 1170. The van der Waals surface area contributed by atoms with Crippen LogP contribution >= 0.6 is 15.9 Å². The molecule has 1 aliphatic rings. The average molecular weight is 486 g/mol. The number of carbonyl (C=O) groups excluding carboxylic acids is 2. The highest BCUT2D eigenvalue weighted by Crippen LogP contribution is 2.41. The lowest BCUT2D eigenvalue weighted by Gasteiger charge is -2.23. The van der Waals surface area contributed by atoms with Crippen molar-refractivity contribution in [2.24, 2.45) is 0 Å². The van der Waals surface area contributed by atoms with Crippen LogP contribution < -0.4 is 4.74 Å². The Hall–Kier alpha value is -3.39. The van der Waals surface area contributed by atoms with Gasteiger partial charge in [0.2, 0.25) is 0 Å². The first kappa shape index (κ1) is 20.9. The number of halogens is 2. The van der Waals surface area contributed by atoms with E-state index in [1.165, 1.54) is 42.5 Å². The average Bonchev–Trinajstić information content (AvgIpc) is 3.37. The number of ether oxygens (including phenoxy) is 1. The number of aliphatic hydroxyl groups is 1. The fourth-order valence-electron chi connectivity index (χ4n) is 3.54. The van der Waals surface area contributed by atoms with Crippen LogP contribution in [0.5, 0.6) is 5.75 Å². The molecule has 0 bridgehead atoms. The van der Waals surface area contributed by atoms with Crippen LogP contribution in [0.4, 0.5) is 4.39 Å². The topological polar surface area (TPSA) is 80.0 Å². The molecule has 1 amide bonds. The lowest BCUT2D eigenvalue weighted by molar-refractivity contribution is -0.140. The molecule has 1 unspecified atom stereocenters. The van der Waals surface area contributed by atoms with Gasteiger partial charge in [-0.2, -0.15) is 0 Å². The second-order valence-electron chi connectivity index (χ2n) is 6.92. The summed E-state index contributed by atoms with van der Waals surface area (Å²) in [6.45, 7) is 0.0410. The molecule has 158 valence electrons. The zero-order chi connectivity index (χ0) is 22.1. The van der Waals surface area contributed by atoms with E-state index in [0.29, 0.717) is 27.1 Å². The molecule has 1 N–H and O–H groups in total. The zero-order valence-corrected chi connectivity index (χ0v) is 17.9. The first-order valence-electron chi connectivity index (χ1n) is 9.31. The highest BCUT2D eigenvalue weighted by atomic mass is 79.9. The molecule has 1 atom stereocenters. The van der Waals surface area contributed by atoms with Gasteiger partial charge in [-0.15, -0.1) is 0 Å². The molecule has 1 saturated heterocycles. The van der Waals surface area contributed by atoms with Crippen molar-refractivity contribution in [3.63, 3.8) is 0 Å². The molecule has 0 spiro atoms. The van der Waals surface area contributed by atoms with E-state index < -0.39 is 23.5 Å². The Labute approximate surface area is 185 Å². The maximum Gasteiger partial charge on any atom is 0.296 e.